The van der Waals surface area contributed by atoms with Gasteiger partial charge in [-0.2, -0.15) is 0 Å². The van der Waals surface area contributed by atoms with Gasteiger partial charge in [0.05, 0.1) is 28.3 Å². The first kappa shape index (κ1) is 23.7. The molecular weight excluding hydrogens is 446 g/mol. The first-order valence-electron chi connectivity index (χ1n) is 9.85. The number of para-hydroxylation sites is 2. The molecule has 0 aliphatic rings. The summed E-state index contributed by atoms with van der Waals surface area (Å²) in [5.74, 6) is -0.192. The standard InChI is InChI=1S/C23H23N3O6S/c1-15-10-12-18(33(30,31)25(3)21-7-5-6-8-22(21)32-4)14-19(15)23(27)24-20-13-17(26(28)29)11-9-16(20)2/h5-14H,1-4H3,(H,24,27). The van der Waals surface area contributed by atoms with Crippen LogP contribution in [-0.2, 0) is 10.0 Å². The lowest BCUT2D eigenvalue weighted by Crippen LogP contribution is -2.27. The number of rotatable bonds is 7. The second kappa shape index (κ2) is 9.29. The van der Waals surface area contributed by atoms with Crippen LogP contribution in [0, 0.1) is 24.0 Å². The van der Waals surface area contributed by atoms with Crippen LogP contribution in [0.4, 0.5) is 17.1 Å². The number of methoxy groups -OCH3 is 1. The van der Waals surface area contributed by atoms with Crippen molar-refractivity contribution < 1.29 is 22.9 Å². The zero-order valence-corrected chi connectivity index (χ0v) is 19.3. The van der Waals surface area contributed by atoms with Crippen molar-refractivity contribution in [2.45, 2.75) is 18.7 Å². The molecule has 3 aromatic carbocycles. The SMILES string of the molecule is COc1ccccc1N(C)S(=O)(=O)c1ccc(C)c(C(=O)Nc2cc([N+](=O)[O-])ccc2C)c1. The van der Waals surface area contributed by atoms with Crippen molar-refractivity contribution in [1.29, 1.82) is 0 Å². The zero-order chi connectivity index (χ0) is 24.3. The molecule has 1 amide bonds. The summed E-state index contributed by atoms with van der Waals surface area (Å²) >= 11 is 0. The average molecular weight is 470 g/mol. The van der Waals surface area contributed by atoms with Gasteiger partial charge in [0.2, 0.25) is 0 Å². The Hall–Kier alpha value is -3.92. The predicted molar refractivity (Wildman–Crippen MR) is 126 cm³/mol. The van der Waals surface area contributed by atoms with Gasteiger partial charge in [-0.25, -0.2) is 8.42 Å². The molecule has 0 spiro atoms. The highest BCUT2D eigenvalue weighted by Crippen LogP contribution is 2.31. The normalized spacial score (nSPS) is 11.0. The number of anilines is 2. The van der Waals surface area contributed by atoms with Crippen LogP contribution in [0.1, 0.15) is 21.5 Å². The van der Waals surface area contributed by atoms with E-state index in [0.29, 0.717) is 22.6 Å². The van der Waals surface area contributed by atoms with E-state index < -0.39 is 20.9 Å². The van der Waals surface area contributed by atoms with E-state index in [4.69, 9.17) is 4.74 Å². The molecule has 1 N–H and O–H groups in total. The first-order valence-corrected chi connectivity index (χ1v) is 11.3. The van der Waals surface area contributed by atoms with E-state index in [9.17, 15) is 23.3 Å². The largest absolute Gasteiger partial charge is 0.495 e. The molecule has 3 rings (SSSR count). The number of benzene rings is 3. The minimum atomic E-state index is -4.01. The van der Waals surface area contributed by atoms with Crippen molar-refractivity contribution in [3.8, 4) is 5.75 Å². The number of carbonyl (C=O) groups excluding carboxylic acids is 1. The number of sulfonamides is 1. The molecule has 0 aliphatic carbocycles. The van der Waals surface area contributed by atoms with Crippen molar-refractivity contribution in [1.82, 2.24) is 0 Å². The third-order valence-corrected chi connectivity index (χ3v) is 6.98. The molecular formula is C23H23N3O6S. The molecule has 33 heavy (non-hydrogen) atoms. The van der Waals surface area contributed by atoms with Gasteiger partial charge in [-0.15, -0.1) is 0 Å². The maximum Gasteiger partial charge on any atom is 0.271 e. The Morgan fingerprint density at radius 2 is 1.70 bits per heavy atom. The fourth-order valence-electron chi connectivity index (χ4n) is 3.23. The summed E-state index contributed by atoms with van der Waals surface area (Å²) in [5, 5.41) is 13.7. The Morgan fingerprint density at radius 1 is 1.03 bits per heavy atom. The van der Waals surface area contributed by atoms with E-state index in [1.54, 1.807) is 38.1 Å². The molecule has 10 heteroatoms. The second-order valence-corrected chi connectivity index (χ2v) is 9.30. The number of carbonyl (C=O) groups is 1. The molecule has 0 unspecified atom stereocenters. The number of nitrogens with zero attached hydrogens (tertiary/aromatic N) is 2. The Bertz CT molecular complexity index is 1340. The molecule has 0 bridgehead atoms. The molecule has 3 aromatic rings. The van der Waals surface area contributed by atoms with E-state index in [2.05, 4.69) is 5.32 Å². The van der Waals surface area contributed by atoms with Crippen molar-refractivity contribution in [2.75, 3.05) is 23.8 Å². The number of nitrogens with one attached hydrogen (secondary N) is 1. The van der Waals surface area contributed by atoms with Gasteiger partial charge in [0.15, 0.2) is 0 Å². The fourth-order valence-corrected chi connectivity index (χ4v) is 4.46. The molecule has 0 fully saturated rings. The van der Waals surface area contributed by atoms with E-state index >= 15 is 0 Å². The number of amides is 1. The predicted octanol–water partition coefficient (Wildman–Crippen LogP) is 4.30. The van der Waals surface area contributed by atoms with Gasteiger partial charge in [0, 0.05) is 24.7 Å². The molecule has 0 heterocycles. The Kier molecular flexibility index (Phi) is 6.68. The molecule has 0 atom stereocenters. The molecule has 0 aliphatic heterocycles. The molecule has 0 saturated carbocycles. The molecule has 172 valence electrons. The van der Waals surface area contributed by atoms with Crippen molar-refractivity contribution in [3.05, 3.63) is 87.5 Å². The number of hydrogen-bond donors (Lipinski definition) is 1. The summed E-state index contributed by atoms with van der Waals surface area (Å²) < 4.78 is 32.9. The third kappa shape index (κ3) is 4.80. The van der Waals surface area contributed by atoms with E-state index in [1.807, 2.05) is 0 Å². The lowest BCUT2D eigenvalue weighted by atomic mass is 10.1. The van der Waals surface area contributed by atoms with E-state index in [0.717, 1.165) is 4.31 Å². The van der Waals surface area contributed by atoms with E-state index in [1.165, 1.54) is 50.6 Å². The number of non-ortho nitro benzene ring substituents is 1. The van der Waals surface area contributed by atoms with Crippen LogP contribution >= 0.6 is 0 Å². The minimum absolute atomic E-state index is 0.0811. The van der Waals surface area contributed by atoms with Gasteiger partial charge in [0.25, 0.3) is 21.6 Å². The fraction of sp³-hybridized carbons (Fsp3) is 0.174. The lowest BCUT2D eigenvalue weighted by Gasteiger charge is -2.22. The summed E-state index contributed by atoms with van der Waals surface area (Å²) in [7, 11) is -1.16. The molecule has 9 nitrogen and oxygen atoms in total. The van der Waals surface area contributed by atoms with Gasteiger partial charge in [-0.05, 0) is 49.2 Å². The first-order chi connectivity index (χ1) is 15.6. The van der Waals surface area contributed by atoms with Crippen LogP contribution < -0.4 is 14.4 Å². The summed E-state index contributed by atoms with van der Waals surface area (Å²) in [6, 6.07) is 15.1. The summed E-state index contributed by atoms with van der Waals surface area (Å²) in [6.45, 7) is 3.38. The van der Waals surface area contributed by atoms with Crippen molar-refractivity contribution in [3.63, 3.8) is 0 Å². The maximum atomic E-state index is 13.3. The van der Waals surface area contributed by atoms with E-state index in [-0.39, 0.29) is 21.8 Å². The molecule has 0 radical (unpaired) electrons. The number of aryl methyl sites for hydroxylation is 2. The van der Waals surface area contributed by atoms with Crippen LogP contribution in [0.2, 0.25) is 0 Å². The number of nitro groups is 1. The highest BCUT2D eigenvalue weighted by atomic mass is 32.2. The number of ether oxygens (including phenoxy) is 1. The Balaban J connectivity index is 1.97. The highest BCUT2D eigenvalue weighted by Gasteiger charge is 2.25. The quantitative estimate of drug-likeness (QED) is 0.407. The van der Waals surface area contributed by atoms with Gasteiger partial charge in [-0.3, -0.25) is 19.2 Å². The minimum Gasteiger partial charge on any atom is -0.495 e. The van der Waals surface area contributed by atoms with Crippen LogP contribution in [-0.4, -0.2) is 33.4 Å². The summed E-state index contributed by atoms with van der Waals surface area (Å²) in [6.07, 6.45) is 0. The Labute approximate surface area is 191 Å². The smallest absolute Gasteiger partial charge is 0.271 e. The molecule has 0 aromatic heterocycles. The monoisotopic (exact) mass is 469 g/mol. The molecule has 0 saturated heterocycles. The van der Waals surface area contributed by atoms with Crippen LogP contribution in [0.3, 0.4) is 0 Å². The van der Waals surface area contributed by atoms with Gasteiger partial charge >= 0.3 is 0 Å². The van der Waals surface area contributed by atoms with Crippen LogP contribution in [0.15, 0.2) is 65.6 Å². The highest BCUT2D eigenvalue weighted by molar-refractivity contribution is 7.92. The van der Waals surface area contributed by atoms with Gasteiger partial charge < -0.3 is 10.1 Å². The second-order valence-electron chi connectivity index (χ2n) is 7.33. The summed E-state index contributed by atoms with van der Waals surface area (Å²) in [5.41, 5.74) is 1.77. The third-order valence-electron chi connectivity index (χ3n) is 5.22. The maximum absolute atomic E-state index is 13.3. The lowest BCUT2D eigenvalue weighted by molar-refractivity contribution is -0.384. The Morgan fingerprint density at radius 3 is 2.36 bits per heavy atom. The average Bonchev–Trinajstić information content (AvgIpc) is 2.79. The number of nitro benzene ring substituents is 1. The van der Waals surface area contributed by atoms with Gasteiger partial charge in [-0.1, -0.05) is 24.3 Å². The topological polar surface area (TPSA) is 119 Å². The van der Waals surface area contributed by atoms with Crippen molar-refractivity contribution >= 4 is 33.0 Å². The number of hydrogen-bond acceptors (Lipinski definition) is 6. The van der Waals surface area contributed by atoms with Crippen LogP contribution in [0.25, 0.3) is 0 Å². The summed E-state index contributed by atoms with van der Waals surface area (Å²) in [4.78, 5) is 23.4. The van der Waals surface area contributed by atoms with Crippen molar-refractivity contribution in [2.24, 2.45) is 0 Å². The van der Waals surface area contributed by atoms with Gasteiger partial charge in [0.1, 0.15) is 5.75 Å². The zero-order valence-electron chi connectivity index (χ0n) is 18.5. The van der Waals surface area contributed by atoms with Crippen LogP contribution in [0.5, 0.6) is 5.75 Å².